The molecule has 0 unspecified atom stereocenters. The lowest BCUT2D eigenvalue weighted by atomic mass is 9.99. The van der Waals surface area contributed by atoms with Crippen molar-refractivity contribution in [2.45, 2.75) is 51.9 Å². The van der Waals surface area contributed by atoms with Crippen LogP contribution < -0.4 is 10.2 Å². The van der Waals surface area contributed by atoms with Crippen LogP contribution in [0.3, 0.4) is 0 Å². The van der Waals surface area contributed by atoms with E-state index in [1.54, 1.807) is 0 Å². The number of nitrogens with zero attached hydrogens (tertiary/aromatic N) is 1. The fourth-order valence-corrected chi connectivity index (χ4v) is 2.99. The predicted molar refractivity (Wildman–Crippen MR) is 92.3 cm³/mol. The Labute approximate surface area is 140 Å². The molecule has 0 atom stereocenters. The van der Waals surface area contributed by atoms with Crippen molar-refractivity contribution in [2.75, 3.05) is 6.61 Å². The summed E-state index contributed by atoms with van der Waals surface area (Å²) in [7, 11) is 0. The van der Waals surface area contributed by atoms with Crippen molar-refractivity contribution >= 4 is 27.5 Å². The molecule has 1 N–H and O–H groups in total. The molecule has 1 aromatic rings. The normalized spacial score (nSPS) is 15.6. The number of hydrazone groups is 1. The Morgan fingerprint density at radius 3 is 2.59 bits per heavy atom. The number of carbonyl (C=O) groups is 1. The molecule has 2 rings (SSSR count). The summed E-state index contributed by atoms with van der Waals surface area (Å²) in [6, 6.07) is 5.71. The van der Waals surface area contributed by atoms with Gasteiger partial charge in [0.25, 0.3) is 5.91 Å². The molecule has 4 nitrogen and oxygen atoms in total. The van der Waals surface area contributed by atoms with Crippen LogP contribution in [-0.2, 0) is 4.79 Å². The van der Waals surface area contributed by atoms with Crippen molar-refractivity contribution in [1.29, 1.82) is 0 Å². The zero-order valence-corrected chi connectivity index (χ0v) is 14.6. The molecule has 120 valence electrons. The van der Waals surface area contributed by atoms with E-state index in [0.717, 1.165) is 34.3 Å². The number of carbonyl (C=O) groups excluding carboxylic acids is 1. The highest BCUT2D eigenvalue weighted by molar-refractivity contribution is 9.10. The van der Waals surface area contributed by atoms with Crippen LogP contribution in [0.2, 0.25) is 0 Å². The molecular formula is C17H23BrN2O2. The molecule has 1 fully saturated rings. The fourth-order valence-electron chi connectivity index (χ4n) is 2.52. The first-order valence-corrected chi connectivity index (χ1v) is 8.67. The predicted octanol–water partition coefficient (Wildman–Crippen LogP) is 4.35. The van der Waals surface area contributed by atoms with Gasteiger partial charge in [-0.25, -0.2) is 5.43 Å². The van der Waals surface area contributed by atoms with Gasteiger partial charge in [-0.2, -0.15) is 5.10 Å². The zero-order chi connectivity index (χ0) is 15.8. The maximum absolute atomic E-state index is 11.8. The molecule has 0 spiro atoms. The van der Waals surface area contributed by atoms with E-state index in [1.165, 1.54) is 32.1 Å². The molecule has 1 amide bonds. The van der Waals surface area contributed by atoms with E-state index >= 15 is 0 Å². The average molecular weight is 367 g/mol. The SMILES string of the molecule is Cc1cc(Br)ccc1OCC(=O)NN=C1CCCCCCC1. The lowest BCUT2D eigenvalue weighted by Crippen LogP contribution is -2.26. The van der Waals surface area contributed by atoms with Gasteiger partial charge in [-0.3, -0.25) is 4.79 Å². The van der Waals surface area contributed by atoms with Crippen molar-refractivity contribution < 1.29 is 9.53 Å². The number of amides is 1. The van der Waals surface area contributed by atoms with Crippen molar-refractivity contribution in [2.24, 2.45) is 5.10 Å². The van der Waals surface area contributed by atoms with Gasteiger partial charge in [-0.15, -0.1) is 0 Å². The summed E-state index contributed by atoms with van der Waals surface area (Å²) in [5, 5.41) is 4.26. The second-order valence-electron chi connectivity index (χ2n) is 5.68. The third-order valence-corrected chi connectivity index (χ3v) is 4.26. The molecule has 0 saturated heterocycles. The first kappa shape index (κ1) is 17.0. The molecule has 0 heterocycles. The van der Waals surface area contributed by atoms with Crippen LogP contribution in [0.5, 0.6) is 5.75 Å². The zero-order valence-electron chi connectivity index (χ0n) is 13.0. The highest BCUT2D eigenvalue weighted by Crippen LogP contribution is 2.22. The van der Waals surface area contributed by atoms with Crippen molar-refractivity contribution in [3.63, 3.8) is 0 Å². The topological polar surface area (TPSA) is 50.7 Å². The summed E-state index contributed by atoms with van der Waals surface area (Å²) < 4.78 is 6.53. The fraction of sp³-hybridized carbons (Fsp3) is 0.529. The second kappa shape index (κ2) is 8.93. The number of nitrogens with one attached hydrogen (secondary N) is 1. The molecule has 0 radical (unpaired) electrons. The van der Waals surface area contributed by atoms with Crippen molar-refractivity contribution in [3.8, 4) is 5.75 Å². The highest BCUT2D eigenvalue weighted by Gasteiger charge is 2.07. The van der Waals surface area contributed by atoms with Gasteiger partial charge >= 0.3 is 0 Å². The van der Waals surface area contributed by atoms with Crippen molar-refractivity contribution in [1.82, 2.24) is 5.43 Å². The largest absolute Gasteiger partial charge is 0.483 e. The summed E-state index contributed by atoms with van der Waals surface area (Å²) in [5.41, 5.74) is 4.71. The van der Waals surface area contributed by atoms with E-state index in [-0.39, 0.29) is 12.5 Å². The van der Waals surface area contributed by atoms with E-state index < -0.39 is 0 Å². The molecule has 0 bridgehead atoms. The standard InChI is InChI=1S/C17H23BrN2O2/c1-13-11-14(18)9-10-16(13)22-12-17(21)20-19-15-7-5-3-2-4-6-8-15/h9-11H,2-8,12H2,1H3,(H,20,21). The minimum Gasteiger partial charge on any atom is -0.483 e. The van der Waals surface area contributed by atoms with E-state index in [1.807, 2.05) is 25.1 Å². The molecule has 1 aromatic carbocycles. The average Bonchev–Trinajstić information content (AvgIpc) is 2.45. The Morgan fingerprint density at radius 1 is 1.23 bits per heavy atom. The number of hydrogen-bond donors (Lipinski definition) is 1. The Morgan fingerprint density at radius 2 is 1.91 bits per heavy atom. The van der Waals surface area contributed by atoms with Crippen LogP contribution in [-0.4, -0.2) is 18.2 Å². The minimum atomic E-state index is -0.211. The van der Waals surface area contributed by atoms with Gasteiger partial charge in [-0.05, 0) is 56.4 Å². The van der Waals surface area contributed by atoms with Gasteiger partial charge in [0, 0.05) is 10.2 Å². The van der Waals surface area contributed by atoms with Crippen LogP contribution in [0, 0.1) is 6.92 Å². The van der Waals surface area contributed by atoms with Gasteiger partial charge in [-0.1, -0.05) is 35.2 Å². The van der Waals surface area contributed by atoms with Gasteiger partial charge < -0.3 is 4.74 Å². The lowest BCUT2D eigenvalue weighted by Gasteiger charge is -2.11. The van der Waals surface area contributed by atoms with Crippen LogP contribution >= 0.6 is 15.9 Å². The summed E-state index contributed by atoms with van der Waals surface area (Å²) >= 11 is 3.40. The highest BCUT2D eigenvalue weighted by atomic mass is 79.9. The molecule has 1 saturated carbocycles. The van der Waals surface area contributed by atoms with Gasteiger partial charge in [0.05, 0.1) is 0 Å². The quantitative estimate of drug-likeness (QED) is 0.805. The molecule has 1 aliphatic carbocycles. The number of ether oxygens (including phenoxy) is 1. The second-order valence-corrected chi connectivity index (χ2v) is 6.59. The first-order valence-electron chi connectivity index (χ1n) is 7.88. The number of halogens is 1. The van der Waals surface area contributed by atoms with E-state index in [2.05, 4.69) is 26.5 Å². The minimum absolute atomic E-state index is 0.0146. The smallest absolute Gasteiger partial charge is 0.277 e. The third-order valence-electron chi connectivity index (χ3n) is 3.77. The number of hydrogen-bond acceptors (Lipinski definition) is 3. The molecule has 1 aliphatic rings. The van der Waals surface area contributed by atoms with Crippen molar-refractivity contribution in [3.05, 3.63) is 28.2 Å². The Hall–Kier alpha value is -1.36. The number of rotatable bonds is 4. The maximum atomic E-state index is 11.8. The third kappa shape index (κ3) is 5.79. The summed E-state index contributed by atoms with van der Waals surface area (Å²) in [6.07, 6.45) is 8.17. The monoisotopic (exact) mass is 366 g/mol. The van der Waals surface area contributed by atoms with Crippen LogP contribution in [0.15, 0.2) is 27.8 Å². The molecule has 0 aromatic heterocycles. The van der Waals surface area contributed by atoms with Gasteiger partial charge in [0.15, 0.2) is 6.61 Å². The van der Waals surface area contributed by atoms with Crippen LogP contribution in [0.25, 0.3) is 0 Å². The molecule has 22 heavy (non-hydrogen) atoms. The summed E-state index contributed by atoms with van der Waals surface area (Å²) in [6.45, 7) is 1.94. The van der Waals surface area contributed by atoms with Gasteiger partial charge in [0.1, 0.15) is 5.75 Å². The summed E-state index contributed by atoms with van der Waals surface area (Å²) in [4.78, 5) is 11.8. The maximum Gasteiger partial charge on any atom is 0.277 e. The van der Waals surface area contributed by atoms with E-state index in [4.69, 9.17) is 4.74 Å². The lowest BCUT2D eigenvalue weighted by molar-refractivity contribution is -0.123. The Balaban J connectivity index is 1.79. The molecule has 0 aliphatic heterocycles. The Bertz CT molecular complexity index is 533. The van der Waals surface area contributed by atoms with Gasteiger partial charge in [0.2, 0.25) is 0 Å². The van der Waals surface area contributed by atoms with Crippen LogP contribution in [0.4, 0.5) is 0 Å². The summed E-state index contributed by atoms with van der Waals surface area (Å²) in [5.74, 6) is 0.508. The van der Waals surface area contributed by atoms with E-state index in [9.17, 15) is 4.79 Å². The van der Waals surface area contributed by atoms with Crippen LogP contribution in [0.1, 0.15) is 50.5 Å². The molecule has 5 heteroatoms. The number of aryl methyl sites for hydroxylation is 1. The Kier molecular flexibility index (Phi) is 6.90. The number of benzene rings is 1. The first-order chi connectivity index (χ1) is 10.6. The molecular weight excluding hydrogens is 344 g/mol. The van der Waals surface area contributed by atoms with E-state index in [0.29, 0.717) is 0 Å².